The van der Waals surface area contributed by atoms with Crippen molar-refractivity contribution in [3.05, 3.63) is 40.9 Å². The molecule has 0 bridgehead atoms. The number of rotatable bonds is 8. The lowest BCUT2D eigenvalue weighted by atomic mass is 10.2. The first-order valence-corrected chi connectivity index (χ1v) is 19.8. The van der Waals surface area contributed by atoms with Gasteiger partial charge >= 0.3 is 0 Å². The van der Waals surface area contributed by atoms with E-state index in [1.807, 2.05) is 28.8 Å². The number of aromatic nitrogens is 4. The molecule has 0 saturated carbocycles. The third-order valence-electron chi connectivity index (χ3n) is 8.93. The molecular weight excluding hydrogens is 541 g/mol. The van der Waals surface area contributed by atoms with Crippen LogP contribution < -0.4 is 10.3 Å². The van der Waals surface area contributed by atoms with E-state index in [0.717, 1.165) is 5.56 Å². The van der Waals surface area contributed by atoms with Gasteiger partial charge in [0.25, 0.3) is 5.56 Å². The molecule has 0 spiro atoms. The molecule has 1 saturated heterocycles. The Hall–Kier alpha value is -2.32. The highest BCUT2D eigenvalue weighted by molar-refractivity contribution is 6.74. The second-order valence-electron chi connectivity index (χ2n) is 13.8. The lowest BCUT2D eigenvalue weighted by Crippen LogP contribution is -2.48. The van der Waals surface area contributed by atoms with Crippen molar-refractivity contribution in [2.75, 3.05) is 13.7 Å². The summed E-state index contributed by atoms with van der Waals surface area (Å²) in [4.78, 5) is 25.1. The lowest BCUT2D eigenvalue weighted by molar-refractivity contribution is -0.0383. The number of benzene rings is 1. The molecule has 1 N–H and O–H groups in total. The predicted octanol–water partition coefficient (Wildman–Crippen LogP) is 6.49. The van der Waals surface area contributed by atoms with Gasteiger partial charge in [0.05, 0.1) is 26.1 Å². The molecule has 1 fully saturated rings. The molecule has 3 aromatic rings. The van der Waals surface area contributed by atoms with Gasteiger partial charge in [-0.15, -0.1) is 0 Å². The van der Waals surface area contributed by atoms with Crippen molar-refractivity contribution in [1.29, 1.82) is 0 Å². The van der Waals surface area contributed by atoms with Crippen molar-refractivity contribution in [1.82, 2.24) is 19.5 Å². The molecule has 1 aromatic carbocycles. The van der Waals surface area contributed by atoms with Crippen LogP contribution in [0.4, 0.5) is 0 Å². The molecule has 4 rings (SSSR count). The summed E-state index contributed by atoms with van der Waals surface area (Å²) in [5.41, 5.74) is 1.20. The first kappa shape index (κ1) is 30.6. The van der Waals surface area contributed by atoms with Gasteiger partial charge in [-0.3, -0.25) is 9.36 Å². The Morgan fingerprint density at radius 1 is 1.07 bits per heavy atom. The normalized spacial score (nSPS) is 20.8. The predicted molar refractivity (Wildman–Crippen MR) is 164 cm³/mol. The van der Waals surface area contributed by atoms with Gasteiger partial charge in [-0.1, -0.05) is 53.7 Å². The number of nitrogens with one attached hydrogen (secondary N) is 1. The van der Waals surface area contributed by atoms with Gasteiger partial charge in [-0.05, 0) is 48.4 Å². The van der Waals surface area contributed by atoms with Crippen molar-refractivity contribution in [3.8, 4) is 17.1 Å². The Morgan fingerprint density at radius 2 is 1.75 bits per heavy atom. The molecule has 1 aliphatic heterocycles. The average Bonchev–Trinajstić information content (AvgIpc) is 3.45. The first-order chi connectivity index (χ1) is 18.4. The first-order valence-electron chi connectivity index (χ1n) is 14.0. The van der Waals surface area contributed by atoms with Crippen molar-refractivity contribution < 1.29 is 18.3 Å². The van der Waals surface area contributed by atoms with E-state index in [1.165, 1.54) is 0 Å². The minimum atomic E-state index is -2.09. The van der Waals surface area contributed by atoms with Crippen molar-refractivity contribution in [3.63, 3.8) is 0 Å². The van der Waals surface area contributed by atoms with Gasteiger partial charge < -0.3 is 23.3 Å². The van der Waals surface area contributed by atoms with Crippen LogP contribution >= 0.6 is 0 Å². The second-order valence-corrected chi connectivity index (χ2v) is 23.4. The Morgan fingerprint density at radius 3 is 2.38 bits per heavy atom. The van der Waals surface area contributed by atoms with Crippen LogP contribution in [-0.4, -0.2) is 62.1 Å². The highest BCUT2D eigenvalue weighted by Gasteiger charge is 2.47. The van der Waals surface area contributed by atoms with E-state index in [1.54, 1.807) is 13.4 Å². The number of fused-ring (bicyclic) bond motifs is 1. The number of imidazole rings is 1. The summed E-state index contributed by atoms with van der Waals surface area (Å²) in [6.45, 7) is 22.9. The highest BCUT2D eigenvalue weighted by Crippen LogP contribution is 2.43. The molecule has 0 radical (unpaired) electrons. The number of H-pyrrole nitrogens is 1. The van der Waals surface area contributed by atoms with Crippen molar-refractivity contribution in [2.24, 2.45) is 0 Å². The van der Waals surface area contributed by atoms with E-state index in [4.69, 9.17) is 23.3 Å². The smallest absolute Gasteiger partial charge is 0.279 e. The monoisotopic (exact) mass is 586 g/mol. The van der Waals surface area contributed by atoms with Crippen LogP contribution in [-0.2, 0) is 13.6 Å². The lowest BCUT2D eigenvalue weighted by Gasteiger charge is -2.40. The zero-order chi connectivity index (χ0) is 29.7. The van der Waals surface area contributed by atoms with Crippen LogP contribution in [0, 0.1) is 0 Å². The van der Waals surface area contributed by atoms with Crippen LogP contribution in [0.2, 0.25) is 36.3 Å². The molecule has 3 atom stereocenters. The zero-order valence-electron chi connectivity index (χ0n) is 25.9. The third kappa shape index (κ3) is 6.13. The maximum Gasteiger partial charge on any atom is 0.279 e. The summed E-state index contributed by atoms with van der Waals surface area (Å²) in [5.74, 6) is 1.13. The molecule has 9 nitrogen and oxygen atoms in total. The van der Waals surface area contributed by atoms with Gasteiger partial charge in [0, 0.05) is 12.0 Å². The number of nitrogens with zero attached hydrogens (tertiary/aromatic N) is 3. The topological polar surface area (TPSA) is 100 Å². The minimum Gasteiger partial charge on any atom is -0.497 e. The van der Waals surface area contributed by atoms with Gasteiger partial charge in [0.2, 0.25) is 0 Å². The summed E-state index contributed by atoms with van der Waals surface area (Å²) in [6.07, 6.45) is 1.48. The van der Waals surface area contributed by atoms with Gasteiger partial charge in [-0.2, -0.15) is 0 Å². The SMILES string of the molecule is COc1cccc(-c2nc3c(ncn3[C@H]3C[C@H](O[Si](C)(C)C(C)(C)C)[C@@H](CO[Si](C)(C)C(C)(C)C)O3)c(=O)[nH]2)c1. The fourth-order valence-electron chi connectivity index (χ4n) is 4.25. The van der Waals surface area contributed by atoms with E-state index >= 15 is 0 Å². The average molecular weight is 587 g/mol. The maximum atomic E-state index is 13.0. The summed E-state index contributed by atoms with van der Waals surface area (Å²) in [6, 6.07) is 7.45. The fourth-order valence-corrected chi connectivity index (χ4v) is 6.62. The van der Waals surface area contributed by atoms with E-state index < -0.39 is 16.6 Å². The largest absolute Gasteiger partial charge is 0.497 e. The third-order valence-corrected chi connectivity index (χ3v) is 17.9. The van der Waals surface area contributed by atoms with Gasteiger partial charge in [-0.25, -0.2) is 9.97 Å². The van der Waals surface area contributed by atoms with Gasteiger partial charge in [0.15, 0.2) is 27.8 Å². The minimum absolute atomic E-state index is 0.0537. The molecule has 11 heteroatoms. The molecule has 1 aliphatic rings. The molecule has 3 heterocycles. The Bertz CT molecular complexity index is 1400. The zero-order valence-corrected chi connectivity index (χ0v) is 27.9. The highest BCUT2D eigenvalue weighted by atomic mass is 28.4. The van der Waals surface area contributed by atoms with Gasteiger partial charge in [0.1, 0.15) is 23.9 Å². The summed E-state index contributed by atoms with van der Waals surface area (Å²) in [5, 5.41) is 0.140. The van der Waals surface area contributed by atoms with E-state index in [-0.39, 0.29) is 39.6 Å². The Labute approximate surface area is 239 Å². The molecule has 0 amide bonds. The van der Waals surface area contributed by atoms with Crippen molar-refractivity contribution in [2.45, 2.75) is 103 Å². The molecule has 220 valence electrons. The van der Waals surface area contributed by atoms with Crippen LogP contribution in [0.3, 0.4) is 0 Å². The van der Waals surface area contributed by atoms with Crippen LogP contribution in [0.1, 0.15) is 54.2 Å². The Balaban J connectivity index is 1.69. The van der Waals surface area contributed by atoms with Crippen LogP contribution in [0.15, 0.2) is 35.4 Å². The number of methoxy groups -OCH3 is 1. The summed E-state index contributed by atoms with van der Waals surface area (Å²) < 4.78 is 27.4. The maximum absolute atomic E-state index is 13.0. The number of hydrogen-bond acceptors (Lipinski definition) is 7. The molecule has 0 unspecified atom stereocenters. The standard InChI is InChI=1S/C29H46N4O5Si2/c1-28(2,3)39(8,9)36-17-22-21(38-40(10,11)29(4,5)6)16-23(37-22)33-18-30-24-26(33)31-25(32-27(24)34)19-13-12-14-20(15-19)35-7/h12-15,18,21-23H,16-17H2,1-11H3,(H,31,32,34)/t21-,22+,23+/m0/s1. The molecule has 2 aromatic heterocycles. The fraction of sp³-hybridized carbons (Fsp3) is 0.621. The number of ether oxygens (including phenoxy) is 2. The summed E-state index contributed by atoms with van der Waals surface area (Å²) >= 11 is 0. The number of aromatic amines is 1. The van der Waals surface area contributed by atoms with E-state index in [9.17, 15) is 4.79 Å². The number of hydrogen-bond donors (Lipinski definition) is 1. The van der Waals surface area contributed by atoms with Crippen LogP contribution in [0.5, 0.6) is 5.75 Å². The van der Waals surface area contributed by atoms with Crippen molar-refractivity contribution >= 4 is 27.8 Å². The van der Waals surface area contributed by atoms with Crippen LogP contribution in [0.25, 0.3) is 22.6 Å². The Kier molecular flexibility index (Phi) is 8.29. The second kappa shape index (κ2) is 10.8. The van der Waals surface area contributed by atoms with E-state index in [2.05, 4.69) is 77.7 Å². The summed E-state index contributed by atoms with van der Waals surface area (Å²) in [7, 11) is -2.49. The quantitative estimate of drug-likeness (QED) is 0.301. The molecular formula is C29H46N4O5Si2. The van der Waals surface area contributed by atoms with E-state index in [0.29, 0.717) is 30.2 Å². The molecule has 40 heavy (non-hydrogen) atoms. The molecule has 0 aliphatic carbocycles.